The maximum absolute atomic E-state index is 13.1. The fourth-order valence-corrected chi connectivity index (χ4v) is 4.37. The van der Waals surface area contributed by atoms with Crippen LogP contribution in [0.4, 0.5) is 0 Å². The first-order valence-electron chi connectivity index (χ1n) is 11.4. The van der Waals surface area contributed by atoms with E-state index in [4.69, 9.17) is 0 Å². The van der Waals surface area contributed by atoms with Gasteiger partial charge in [-0.05, 0) is 24.0 Å². The van der Waals surface area contributed by atoms with Crippen molar-refractivity contribution in [3.8, 4) is 0 Å². The number of likely N-dealkylation sites (tertiary alicyclic amines) is 1. The van der Waals surface area contributed by atoms with Crippen LogP contribution in [0.5, 0.6) is 0 Å². The number of nitrogens with zero attached hydrogens (tertiary/aromatic N) is 2. The van der Waals surface area contributed by atoms with Crippen LogP contribution in [0.25, 0.3) is 0 Å². The van der Waals surface area contributed by atoms with E-state index in [-0.39, 0.29) is 17.6 Å². The highest BCUT2D eigenvalue weighted by atomic mass is 16.2. The second-order valence-corrected chi connectivity index (χ2v) is 8.50. The standard InChI is InChI=1S/C28H30N2O2/c31-27(30-18-16-26(17-19-30)28(32)25-14-8-3-9-15-25)22-29(20-23-10-4-1-5-11-23)21-24-12-6-2-7-13-24/h1-15,26H,16-22H2. The van der Waals surface area contributed by atoms with Crippen molar-refractivity contribution in [3.05, 3.63) is 108 Å². The minimum absolute atomic E-state index is 0.00573. The lowest BCUT2D eigenvalue weighted by Gasteiger charge is -2.33. The van der Waals surface area contributed by atoms with E-state index in [0.717, 1.165) is 31.5 Å². The van der Waals surface area contributed by atoms with Crippen LogP contribution >= 0.6 is 0 Å². The van der Waals surface area contributed by atoms with Gasteiger partial charge in [0.25, 0.3) is 0 Å². The number of ketones is 1. The van der Waals surface area contributed by atoms with Gasteiger partial charge in [-0.2, -0.15) is 0 Å². The summed E-state index contributed by atoms with van der Waals surface area (Å²) in [7, 11) is 0. The van der Waals surface area contributed by atoms with E-state index in [1.165, 1.54) is 11.1 Å². The molecule has 1 aliphatic heterocycles. The highest BCUT2D eigenvalue weighted by molar-refractivity contribution is 5.98. The van der Waals surface area contributed by atoms with Crippen molar-refractivity contribution in [2.75, 3.05) is 19.6 Å². The minimum atomic E-state index is 0.00573. The summed E-state index contributed by atoms with van der Waals surface area (Å²) in [5, 5.41) is 0. The van der Waals surface area contributed by atoms with Gasteiger partial charge in [-0.3, -0.25) is 14.5 Å². The molecule has 4 heteroatoms. The summed E-state index contributed by atoms with van der Waals surface area (Å²) in [5.74, 6) is 0.348. The Bertz CT molecular complexity index is 956. The van der Waals surface area contributed by atoms with Crippen LogP contribution in [-0.2, 0) is 17.9 Å². The number of benzene rings is 3. The van der Waals surface area contributed by atoms with E-state index in [1.54, 1.807) is 0 Å². The lowest BCUT2D eigenvalue weighted by atomic mass is 9.89. The molecule has 0 bridgehead atoms. The van der Waals surface area contributed by atoms with Crippen LogP contribution in [-0.4, -0.2) is 41.1 Å². The summed E-state index contributed by atoms with van der Waals surface area (Å²) >= 11 is 0. The Morgan fingerprint density at radius 3 is 1.69 bits per heavy atom. The molecule has 1 heterocycles. The lowest BCUT2D eigenvalue weighted by Crippen LogP contribution is -2.44. The van der Waals surface area contributed by atoms with Crippen LogP contribution in [0.1, 0.15) is 34.3 Å². The van der Waals surface area contributed by atoms with Crippen molar-refractivity contribution in [2.45, 2.75) is 25.9 Å². The first-order valence-corrected chi connectivity index (χ1v) is 11.4. The molecule has 0 saturated carbocycles. The Hall–Kier alpha value is -3.24. The summed E-state index contributed by atoms with van der Waals surface area (Å²) in [6.07, 6.45) is 1.47. The molecule has 4 rings (SSSR count). The number of rotatable bonds is 8. The van der Waals surface area contributed by atoms with Gasteiger partial charge in [-0.1, -0.05) is 91.0 Å². The highest BCUT2D eigenvalue weighted by Crippen LogP contribution is 2.22. The molecule has 1 aliphatic rings. The third-order valence-electron chi connectivity index (χ3n) is 6.13. The van der Waals surface area contributed by atoms with Crippen LogP contribution < -0.4 is 0 Å². The largest absolute Gasteiger partial charge is 0.342 e. The van der Waals surface area contributed by atoms with Crippen LogP contribution in [0.3, 0.4) is 0 Å². The predicted octanol–water partition coefficient (Wildman–Crippen LogP) is 4.81. The maximum atomic E-state index is 13.1. The molecule has 3 aromatic rings. The molecule has 4 nitrogen and oxygen atoms in total. The van der Waals surface area contributed by atoms with E-state index in [2.05, 4.69) is 29.2 Å². The number of hydrogen-bond donors (Lipinski definition) is 0. The molecular weight excluding hydrogens is 396 g/mol. The number of hydrogen-bond acceptors (Lipinski definition) is 3. The Morgan fingerprint density at radius 1 is 0.719 bits per heavy atom. The molecule has 0 atom stereocenters. The molecule has 164 valence electrons. The van der Waals surface area contributed by atoms with Crippen molar-refractivity contribution in [2.24, 2.45) is 5.92 Å². The second kappa shape index (κ2) is 10.9. The molecule has 0 unspecified atom stereocenters. The zero-order valence-electron chi connectivity index (χ0n) is 18.4. The minimum Gasteiger partial charge on any atom is -0.342 e. The molecule has 0 spiro atoms. The maximum Gasteiger partial charge on any atom is 0.236 e. The highest BCUT2D eigenvalue weighted by Gasteiger charge is 2.28. The van der Waals surface area contributed by atoms with Crippen molar-refractivity contribution < 1.29 is 9.59 Å². The van der Waals surface area contributed by atoms with Gasteiger partial charge in [0.2, 0.25) is 5.91 Å². The number of amides is 1. The van der Waals surface area contributed by atoms with Gasteiger partial charge in [0, 0.05) is 37.7 Å². The molecule has 1 amide bonds. The molecule has 32 heavy (non-hydrogen) atoms. The summed E-state index contributed by atoms with van der Waals surface area (Å²) < 4.78 is 0. The fourth-order valence-electron chi connectivity index (χ4n) is 4.37. The quantitative estimate of drug-likeness (QED) is 0.486. The Labute approximate surface area is 190 Å². The fraction of sp³-hybridized carbons (Fsp3) is 0.286. The Morgan fingerprint density at radius 2 is 1.19 bits per heavy atom. The van der Waals surface area contributed by atoms with Gasteiger partial charge in [-0.15, -0.1) is 0 Å². The van der Waals surface area contributed by atoms with Gasteiger partial charge in [0.15, 0.2) is 5.78 Å². The third-order valence-corrected chi connectivity index (χ3v) is 6.13. The van der Waals surface area contributed by atoms with Gasteiger partial charge >= 0.3 is 0 Å². The van der Waals surface area contributed by atoms with E-state index in [9.17, 15) is 9.59 Å². The van der Waals surface area contributed by atoms with E-state index in [0.29, 0.717) is 19.6 Å². The zero-order chi connectivity index (χ0) is 22.2. The number of Topliss-reactive ketones (excluding diaryl/α,β-unsaturated/α-hetero) is 1. The van der Waals surface area contributed by atoms with Gasteiger partial charge in [0.05, 0.1) is 6.54 Å². The molecule has 1 saturated heterocycles. The molecule has 0 radical (unpaired) electrons. The summed E-state index contributed by atoms with van der Waals surface area (Å²) in [4.78, 5) is 30.0. The Balaban J connectivity index is 1.36. The number of piperidine rings is 1. The molecule has 1 fully saturated rings. The lowest BCUT2D eigenvalue weighted by molar-refractivity contribution is -0.134. The summed E-state index contributed by atoms with van der Waals surface area (Å²) in [5.41, 5.74) is 3.17. The van der Waals surface area contributed by atoms with Crippen LogP contribution in [0.2, 0.25) is 0 Å². The van der Waals surface area contributed by atoms with E-state index >= 15 is 0 Å². The SMILES string of the molecule is O=C(c1ccccc1)C1CCN(C(=O)CN(Cc2ccccc2)Cc2ccccc2)CC1. The molecule has 0 aliphatic carbocycles. The first-order chi connectivity index (χ1) is 15.7. The van der Waals surface area contributed by atoms with Crippen molar-refractivity contribution in [3.63, 3.8) is 0 Å². The second-order valence-electron chi connectivity index (χ2n) is 8.50. The normalized spacial score (nSPS) is 14.5. The molecule has 3 aromatic carbocycles. The Kier molecular flexibility index (Phi) is 7.47. The number of carbonyl (C=O) groups excluding carboxylic acids is 2. The van der Waals surface area contributed by atoms with Crippen LogP contribution in [0.15, 0.2) is 91.0 Å². The van der Waals surface area contributed by atoms with Crippen molar-refractivity contribution in [1.29, 1.82) is 0 Å². The smallest absolute Gasteiger partial charge is 0.236 e. The van der Waals surface area contributed by atoms with E-state index in [1.807, 2.05) is 71.6 Å². The van der Waals surface area contributed by atoms with Crippen molar-refractivity contribution in [1.82, 2.24) is 9.80 Å². The molecule has 0 aromatic heterocycles. The van der Waals surface area contributed by atoms with Gasteiger partial charge in [-0.25, -0.2) is 0 Å². The monoisotopic (exact) mass is 426 g/mol. The molecule has 0 N–H and O–H groups in total. The molecular formula is C28H30N2O2. The van der Waals surface area contributed by atoms with Crippen LogP contribution in [0, 0.1) is 5.92 Å². The first kappa shape index (κ1) is 22.0. The van der Waals surface area contributed by atoms with Gasteiger partial charge in [0.1, 0.15) is 0 Å². The van der Waals surface area contributed by atoms with Crippen molar-refractivity contribution >= 4 is 11.7 Å². The third kappa shape index (κ3) is 5.92. The zero-order valence-corrected chi connectivity index (χ0v) is 18.4. The average Bonchev–Trinajstić information content (AvgIpc) is 2.85. The van der Waals surface area contributed by atoms with Gasteiger partial charge < -0.3 is 4.90 Å². The van der Waals surface area contributed by atoms with E-state index < -0.39 is 0 Å². The summed E-state index contributed by atoms with van der Waals surface area (Å²) in [6, 6.07) is 30.1. The topological polar surface area (TPSA) is 40.6 Å². The predicted molar refractivity (Wildman–Crippen MR) is 127 cm³/mol. The average molecular weight is 427 g/mol. The summed E-state index contributed by atoms with van der Waals surface area (Å²) in [6.45, 7) is 3.12. The number of carbonyl (C=O) groups is 2.